The van der Waals surface area contributed by atoms with E-state index in [1.807, 2.05) is 4.90 Å². The molecule has 3 aliphatic rings. The fourth-order valence-corrected chi connectivity index (χ4v) is 4.51. The molecule has 5 heteroatoms. The number of rotatable bonds is 5. The fraction of sp³-hybridized carbons (Fsp3) is 0.895. The lowest BCUT2D eigenvalue weighted by atomic mass is 10.0. The molecule has 3 fully saturated rings. The van der Waals surface area contributed by atoms with Crippen molar-refractivity contribution in [3.63, 3.8) is 0 Å². The molecular weight excluding hydrogens is 302 g/mol. The predicted molar refractivity (Wildman–Crippen MR) is 94.7 cm³/mol. The maximum atomic E-state index is 12.5. The van der Waals surface area contributed by atoms with Gasteiger partial charge in [0.2, 0.25) is 11.8 Å². The van der Waals surface area contributed by atoms with Gasteiger partial charge in [0.1, 0.15) is 0 Å². The number of hydrogen-bond donors (Lipinski definition) is 1. The van der Waals surface area contributed by atoms with E-state index in [4.69, 9.17) is 0 Å². The summed E-state index contributed by atoms with van der Waals surface area (Å²) in [6.45, 7) is 3.21. The average Bonchev–Trinajstić information content (AvgIpc) is 2.82. The molecule has 2 aliphatic heterocycles. The molecule has 0 bridgehead atoms. The molecule has 0 aromatic heterocycles. The van der Waals surface area contributed by atoms with Crippen LogP contribution in [0.5, 0.6) is 0 Å². The Morgan fingerprint density at radius 3 is 2.42 bits per heavy atom. The van der Waals surface area contributed by atoms with Gasteiger partial charge in [0.15, 0.2) is 0 Å². The summed E-state index contributed by atoms with van der Waals surface area (Å²) in [5, 5.41) is 3.27. The third-order valence-corrected chi connectivity index (χ3v) is 5.92. The Bertz CT molecular complexity index is 432. The molecule has 24 heavy (non-hydrogen) atoms. The monoisotopic (exact) mass is 335 g/mol. The Morgan fingerprint density at radius 1 is 0.958 bits per heavy atom. The molecule has 0 unspecified atom stereocenters. The van der Waals surface area contributed by atoms with Crippen molar-refractivity contribution >= 4 is 11.8 Å². The van der Waals surface area contributed by atoms with Crippen LogP contribution >= 0.6 is 0 Å². The highest BCUT2D eigenvalue weighted by molar-refractivity contribution is 5.79. The summed E-state index contributed by atoms with van der Waals surface area (Å²) in [5.41, 5.74) is 0. The molecule has 1 N–H and O–H groups in total. The van der Waals surface area contributed by atoms with Crippen molar-refractivity contribution in [2.24, 2.45) is 0 Å². The summed E-state index contributed by atoms with van der Waals surface area (Å²) in [6, 6.07) is 0.740. The SMILES string of the molecule is O=C(CN1CCCC[C@H]1CN1CCCC1=O)NC1CCCCCC1. The maximum Gasteiger partial charge on any atom is 0.234 e. The molecule has 2 heterocycles. The average molecular weight is 335 g/mol. The van der Waals surface area contributed by atoms with Crippen molar-refractivity contribution in [1.82, 2.24) is 15.1 Å². The normalized spacial score (nSPS) is 27.2. The van der Waals surface area contributed by atoms with Gasteiger partial charge in [0.05, 0.1) is 6.54 Å². The molecule has 0 aromatic rings. The Kier molecular flexibility index (Phi) is 6.52. The summed E-state index contributed by atoms with van der Waals surface area (Å²) in [7, 11) is 0. The molecule has 1 saturated carbocycles. The summed E-state index contributed by atoms with van der Waals surface area (Å²) in [6.07, 6.45) is 12.6. The van der Waals surface area contributed by atoms with Crippen LogP contribution in [0.3, 0.4) is 0 Å². The molecule has 2 amide bonds. The van der Waals surface area contributed by atoms with Gasteiger partial charge in [-0.05, 0) is 38.6 Å². The van der Waals surface area contributed by atoms with Gasteiger partial charge in [0, 0.05) is 31.6 Å². The highest BCUT2D eigenvalue weighted by Crippen LogP contribution is 2.21. The number of likely N-dealkylation sites (tertiary alicyclic amines) is 2. The van der Waals surface area contributed by atoms with Crippen molar-refractivity contribution in [2.45, 2.75) is 82.7 Å². The molecule has 0 aromatic carbocycles. The van der Waals surface area contributed by atoms with E-state index in [0.717, 1.165) is 45.3 Å². The van der Waals surface area contributed by atoms with Crippen molar-refractivity contribution < 1.29 is 9.59 Å². The number of carbonyl (C=O) groups excluding carboxylic acids is 2. The number of piperidine rings is 1. The van der Waals surface area contributed by atoms with Crippen molar-refractivity contribution in [3.05, 3.63) is 0 Å². The molecule has 0 radical (unpaired) electrons. The number of hydrogen-bond acceptors (Lipinski definition) is 3. The lowest BCUT2D eigenvalue weighted by Crippen LogP contribution is -2.51. The zero-order valence-electron chi connectivity index (χ0n) is 15.0. The van der Waals surface area contributed by atoms with E-state index in [-0.39, 0.29) is 5.91 Å². The van der Waals surface area contributed by atoms with Gasteiger partial charge in [-0.25, -0.2) is 0 Å². The maximum absolute atomic E-state index is 12.5. The first kappa shape index (κ1) is 17.7. The first-order chi connectivity index (χ1) is 11.7. The van der Waals surface area contributed by atoms with Crippen molar-refractivity contribution in [1.29, 1.82) is 0 Å². The van der Waals surface area contributed by atoms with Crippen LogP contribution in [0.4, 0.5) is 0 Å². The highest BCUT2D eigenvalue weighted by atomic mass is 16.2. The number of carbonyl (C=O) groups is 2. The first-order valence-corrected chi connectivity index (χ1v) is 10.0. The standard InChI is InChI=1S/C19H33N3O2/c23-18(20-16-8-3-1-2-4-9-16)15-21-12-6-5-10-17(21)14-22-13-7-11-19(22)24/h16-17H,1-15H2,(H,20,23)/t17-/m0/s1. The zero-order chi connectivity index (χ0) is 16.8. The molecule has 1 atom stereocenters. The molecular formula is C19H33N3O2. The lowest BCUT2D eigenvalue weighted by molar-refractivity contribution is -0.128. The van der Waals surface area contributed by atoms with E-state index < -0.39 is 0 Å². The minimum Gasteiger partial charge on any atom is -0.352 e. The van der Waals surface area contributed by atoms with Crippen LogP contribution in [0, 0.1) is 0 Å². The summed E-state index contributed by atoms with van der Waals surface area (Å²) in [5.74, 6) is 0.477. The Hall–Kier alpha value is -1.10. The van der Waals surface area contributed by atoms with Crippen LogP contribution in [-0.4, -0.2) is 59.9 Å². The van der Waals surface area contributed by atoms with Gasteiger partial charge in [-0.15, -0.1) is 0 Å². The number of amides is 2. The second kappa shape index (κ2) is 8.84. The smallest absolute Gasteiger partial charge is 0.234 e. The Balaban J connectivity index is 1.49. The topological polar surface area (TPSA) is 52.7 Å². The van der Waals surface area contributed by atoms with Crippen LogP contribution in [0.2, 0.25) is 0 Å². The van der Waals surface area contributed by atoms with Gasteiger partial charge >= 0.3 is 0 Å². The fourth-order valence-electron chi connectivity index (χ4n) is 4.51. The minimum atomic E-state index is 0.182. The molecule has 1 aliphatic carbocycles. The Morgan fingerprint density at radius 2 is 1.71 bits per heavy atom. The van der Waals surface area contributed by atoms with Gasteiger partial charge < -0.3 is 10.2 Å². The first-order valence-electron chi connectivity index (χ1n) is 10.0. The van der Waals surface area contributed by atoms with Gasteiger partial charge in [0.25, 0.3) is 0 Å². The van der Waals surface area contributed by atoms with E-state index in [0.29, 0.717) is 31.0 Å². The van der Waals surface area contributed by atoms with Crippen LogP contribution < -0.4 is 5.32 Å². The predicted octanol–water partition coefficient (Wildman–Crippen LogP) is 2.30. The summed E-state index contributed by atoms with van der Waals surface area (Å²) >= 11 is 0. The van der Waals surface area contributed by atoms with E-state index in [2.05, 4.69) is 10.2 Å². The highest BCUT2D eigenvalue weighted by Gasteiger charge is 2.30. The molecule has 5 nitrogen and oxygen atoms in total. The van der Waals surface area contributed by atoms with Gasteiger partial charge in [-0.2, -0.15) is 0 Å². The van der Waals surface area contributed by atoms with Crippen LogP contribution in [0.1, 0.15) is 70.6 Å². The van der Waals surface area contributed by atoms with E-state index in [9.17, 15) is 9.59 Å². The number of nitrogens with one attached hydrogen (secondary N) is 1. The summed E-state index contributed by atoms with van der Waals surface area (Å²) in [4.78, 5) is 28.7. The van der Waals surface area contributed by atoms with Crippen molar-refractivity contribution in [2.75, 3.05) is 26.2 Å². The zero-order valence-corrected chi connectivity index (χ0v) is 15.0. The Labute approximate surface area is 146 Å². The third-order valence-electron chi connectivity index (χ3n) is 5.92. The lowest BCUT2D eigenvalue weighted by Gasteiger charge is -2.37. The van der Waals surface area contributed by atoms with Gasteiger partial charge in [-0.3, -0.25) is 14.5 Å². The van der Waals surface area contributed by atoms with E-state index in [1.165, 1.54) is 38.5 Å². The van der Waals surface area contributed by atoms with E-state index >= 15 is 0 Å². The second-order valence-electron chi connectivity index (χ2n) is 7.82. The third kappa shape index (κ3) is 4.95. The van der Waals surface area contributed by atoms with Gasteiger partial charge in [-0.1, -0.05) is 32.1 Å². The molecule has 0 spiro atoms. The minimum absolute atomic E-state index is 0.182. The summed E-state index contributed by atoms with van der Waals surface area (Å²) < 4.78 is 0. The molecule has 3 rings (SSSR count). The molecule has 2 saturated heterocycles. The van der Waals surface area contributed by atoms with Crippen LogP contribution in [-0.2, 0) is 9.59 Å². The van der Waals surface area contributed by atoms with Crippen molar-refractivity contribution in [3.8, 4) is 0 Å². The van der Waals surface area contributed by atoms with Crippen LogP contribution in [0.25, 0.3) is 0 Å². The van der Waals surface area contributed by atoms with E-state index in [1.54, 1.807) is 0 Å². The largest absolute Gasteiger partial charge is 0.352 e. The van der Waals surface area contributed by atoms with Crippen LogP contribution in [0.15, 0.2) is 0 Å². The second-order valence-corrected chi connectivity index (χ2v) is 7.82. The quantitative estimate of drug-likeness (QED) is 0.785. The number of nitrogens with zero attached hydrogens (tertiary/aromatic N) is 2. The molecule has 136 valence electrons.